The Labute approximate surface area is 173 Å². The predicted octanol–water partition coefficient (Wildman–Crippen LogP) is 4.87. The van der Waals surface area contributed by atoms with E-state index >= 15 is 0 Å². The Bertz CT molecular complexity index is 1020. The molecule has 0 aliphatic rings. The van der Waals surface area contributed by atoms with Gasteiger partial charge in [-0.2, -0.15) is 5.10 Å². The number of rotatable bonds is 5. The fourth-order valence-corrected chi connectivity index (χ4v) is 3.45. The van der Waals surface area contributed by atoms with E-state index in [-0.39, 0.29) is 12.5 Å². The number of carbonyl (C=O) groups is 1. The summed E-state index contributed by atoms with van der Waals surface area (Å²) in [5, 5.41) is 6.17. The van der Waals surface area contributed by atoms with E-state index in [0.717, 1.165) is 25.3 Å². The minimum atomic E-state index is -0.340. The van der Waals surface area contributed by atoms with Crippen LogP contribution in [0, 0.1) is 0 Å². The van der Waals surface area contributed by atoms with Gasteiger partial charge in [-0.15, -0.1) is 0 Å². The van der Waals surface area contributed by atoms with Gasteiger partial charge >= 0.3 is 0 Å². The molecule has 0 saturated heterocycles. The molecule has 7 heteroatoms. The number of benzene rings is 3. The minimum Gasteiger partial charge on any atom is -0.483 e. The van der Waals surface area contributed by atoms with Crippen molar-refractivity contribution in [1.82, 2.24) is 5.43 Å². The first kappa shape index (κ1) is 19.4. The number of halogens is 2. The molecule has 5 nitrogen and oxygen atoms in total. The van der Waals surface area contributed by atoms with Crippen molar-refractivity contribution in [2.75, 3.05) is 12.3 Å². The molecule has 0 unspecified atom stereocenters. The quantitative estimate of drug-likeness (QED) is 0.304. The number of nitrogens with zero attached hydrogens (tertiary/aromatic N) is 1. The third kappa shape index (κ3) is 4.87. The number of fused-ring (bicyclic) bond motifs is 1. The van der Waals surface area contributed by atoms with E-state index in [1.807, 2.05) is 49.4 Å². The molecule has 0 radical (unpaired) electrons. The standard InChI is InChI=1S/C20H17Br2N3O2/c1-12(13-2-6-16(23)7-3-13)24-25-19(26)11-27-18-9-4-14-10-15(21)5-8-17(14)20(18)22/h2-10H,11,23H2,1H3,(H,25,26). The Morgan fingerprint density at radius 2 is 1.85 bits per heavy atom. The highest BCUT2D eigenvalue weighted by Crippen LogP contribution is 2.34. The van der Waals surface area contributed by atoms with Crippen LogP contribution >= 0.6 is 31.9 Å². The van der Waals surface area contributed by atoms with Gasteiger partial charge in [0.2, 0.25) is 0 Å². The fraction of sp³-hybridized carbons (Fsp3) is 0.100. The highest BCUT2D eigenvalue weighted by molar-refractivity contribution is 9.11. The van der Waals surface area contributed by atoms with Crippen molar-refractivity contribution in [3.8, 4) is 5.75 Å². The minimum absolute atomic E-state index is 0.140. The number of nitrogen functional groups attached to an aromatic ring is 1. The lowest BCUT2D eigenvalue weighted by molar-refractivity contribution is -0.123. The number of hydrogen-bond donors (Lipinski definition) is 2. The van der Waals surface area contributed by atoms with Gasteiger partial charge < -0.3 is 10.5 Å². The van der Waals surface area contributed by atoms with Crippen LogP contribution in [-0.4, -0.2) is 18.2 Å². The maximum Gasteiger partial charge on any atom is 0.277 e. The van der Waals surface area contributed by atoms with Gasteiger partial charge in [-0.3, -0.25) is 4.79 Å². The third-order valence-electron chi connectivity index (χ3n) is 3.92. The summed E-state index contributed by atoms with van der Waals surface area (Å²) in [4.78, 5) is 12.0. The normalized spacial score (nSPS) is 11.4. The molecule has 3 rings (SSSR count). The number of nitrogens with two attached hydrogens (primary N) is 1. The number of hydrogen-bond acceptors (Lipinski definition) is 4. The topological polar surface area (TPSA) is 76.7 Å². The molecule has 1 amide bonds. The number of hydrazone groups is 1. The van der Waals surface area contributed by atoms with Crippen LogP contribution in [0.1, 0.15) is 12.5 Å². The Morgan fingerprint density at radius 1 is 1.11 bits per heavy atom. The number of nitrogens with one attached hydrogen (secondary N) is 1. The van der Waals surface area contributed by atoms with Crippen molar-refractivity contribution in [2.45, 2.75) is 6.92 Å². The molecule has 0 aromatic heterocycles. The van der Waals surface area contributed by atoms with Crippen molar-refractivity contribution in [3.63, 3.8) is 0 Å². The van der Waals surface area contributed by atoms with E-state index in [1.165, 1.54) is 0 Å². The van der Waals surface area contributed by atoms with E-state index in [0.29, 0.717) is 17.1 Å². The molecule has 138 valence electrons. The molecule has 3 aromatic rings. The molecule has 0 saturated carbocycles. The van der Waals surface area contributed by atoms with Crippen LogP contribution in [0.15, 0.2) is 68.6 Å². The summed E-state index contributed by atoms with van der Waals surface area (Å²) >= 11 is 7.00. The molecule has 0 bridgehead atoms. The van der Waals surface area contributed by atoms with Gasteiger partial charge in [0.15, 0.2) is 6.61 Å². The lowest BCUT2D eigenvalue weighted by Gasteiger charge is -2.10. The van der Waals surface area contributed by atoms with Crippen LogP contribution in [-0.2, 0) is 4.79 Å². The van der Waals surface area contributed by atoms with Crippen LogP contribution in [0.25, 0.3) is 10.8 Å². The van der Waals surface area contributed by atoms with E-state index in [4.69, 9.17) is 10.5 Å². The molecular weight excluding hydrogens is 474 g/mol. The molecule has 3 aromatic carbocycles. The highest BCUT2D eigenvalue weighted by atomic mass is 79.9. The van der Waals surface area contributed by atoms with Crippen LogP contribution in [0.2, 0.25) is 0 Å². The Balaban J connectivity index is 1.63. The summed E-state index contributed by atoms with van der Waals surface area (Å²) in [6.45, 7) is 1.67. The highest BCUT2D eigenvalue weighted by Gasteiger charge is 2.09. The second-order valence-corrected chi connectivity index (χ2v) is 7.59. The van der Waals surface area contributed by atoms with Crippen molar-refractivity contribution < 1.29 is 9.53 Å². The molecular formula is C20H17Br2N3O2. The molecule has 3 N–H and O–H groups in total. The summed E-state index contributed by atoms with van der Waals surface area (Å²) in [6.07, 6.45) is 0. The van der Waals surface area contributed by atoms with Crippen LogP contribution in [0.4, 0.5) is 5.69 Å². The summed E-state index contributed by atoms with van der Waals surface area (Å²) in [5.74, 6) is 0.256. The zero-order valence-corrected chi connectivity index (χ0v) is 17.7. The van der Waals surface area contributed by atoms with Gasteiger partial charge in [0.25, 0.3) is 5.91 Å². The molecule has 27 heavy (non-hydrogen) atoms. The zero-order valence-electron chi connectivity index (χ0n) is 14.5. The van der Waals surface area contributed by atoms with Crippen LogP contribution in [0.5, 0.6) is 5.75 Å². The summed E-state index contributed by atoms with van der Waals surface area (Å²) in [6, 6.07) is 17.0. The predicted molar refractivity (Wildman–Crippen MR) is 116 cm³/mol. The van der Waals surface area contributed by atoms with Gasteiger partial charge in [0, 0.05) is 10.2 Å². The van der Waals surface area contributed by atoms with Crippen molar-refractivity contribution >= 4 is 59.9 Å². The Hall–Kier alpha value is -2.38. The van der Waals surface area contributed by atoms with Gasteiger partial charge in [-0.25, -0.2) is 5.43 Å². The molecule has 0 atom stereocenters. The first-order valence-electron chi connectivity index (χ1n) is 8.13. The maximum absolute atomic E-state index is 12.0. The van der Waals surface area contributed by atoms with Crippen molar-refractivity contribution in [1.29, 1.82) is 0 Å². The van der Waals surface area contributed by atoms with Crippen LogP contribution < -0.4 is 15.9 Å². The van der Waals surface area contributed by atoms with Crippen molar-refractivity contribution in [2.24, 2.45) is 5.10 Å². The maximum atomic E-state index is 12.0. The second-order valence-electron chi connectivity index (χ2n) is 5.89. The summed E-state index contributed by atoms with van der Waals surface area (Å²) < 4.78 is 7.45. The SMILES string of the molecule is CC(=NNC(=O)COc1ccc2cc(Br)ccc2c1Br)c1ccc(N)cc1. The fourth-order valence-electron chi connectivity index (χ4n) is 2.46. The number of ether oxygens (including phenoxy) is 1. The van der Waals surface area contributed by atoms with Gasteiger partial charge in [-0.05, 0) is 69.5 Å². The molecule has 0 spiro atoms. The average Bonchev–Trinajstić information content (AvgIpc) is 2.66. The lowest BCUT2D eigenvalue weighted by atomic mass is 10.1. The third-order valence-corrected chi connectivity index (χ3v) is 5.23. The first-order chi connectivity index (χ1) is 12.9. The van der Waals surface area contributed by atoms with Gasteiger partial charge in [0.1, 0.15) is 5.75 Å². The largest absolute Gasteiger partial charge is 0.483 e. The van der Waals surface area contributed by atoms with E-state index in [2.05, 4.69) is 42.4 Å². The second kappa shape index (κ2) is 8.54. The van der Waals surface area contributed by atoms with E-state index in [1.54, 1.807) is 12.1 Å². The molecule has 0 heterocycles. The van der Waals surface area contributed by atoms with E-state index in [9.17, 15) is 4.79 Å². The smallest absolute Gasteiger partial charge is 0.277 e. The first-order valence-corrected chi connectivity index (χ1v) is 9.72. The molecule has 0 aliphatic heterocycles. The average molecular weight is 491 g/mol. The van der Waals surface area contributed by atoms with Gasteiger partial charge in [0.05, 0.1) is 10.2 Å². The number of amides is 1. The monoisotopic (exact) mass is 489 g/mol. The van der Waals surface area contributed by atoms with Crippen LogP contribution in [0.3, 0.4) is 0 Å². The Morgan fingerprint density at radius 3 is 2.59 bits per heavy atom. The molecule has 0 aliphatic carbocycles. The number of carbonyl (C=O) groups excluding carboxylic acids is 1. The lowest BCUT2D eigenvalue weighted by Crippen LogP contribution is -2.25. The number of anilines is 1. The Kier molecular flexibility index (Phi) is 6.13. The summed E-state index contributed by atoms with van der Waals surface area (Å²) in [7, 11) is 0. The molecule has 0 fully saturated rings. The van der Waals surface area contributed by atoms with E-state index < -0.39 is 0 Å². The van der Waals surface area contributed by atoms with Crippen molar-refractivity contribution in [3.05, 3.63) is 69.1 Å². The van der Waals surface area contributed by atoms with Gasteiger partial charge in [-0.1, -0.05) is 40.2 Å². The summed E-state index contributed by atoms with van der Waals surface area (Å²) in [5.41, 5.74) is 10.4. The zero-order chi connectivity index (χ0) is 19.4.